The fraction of sp³-hybridized carbons (Fsp3) is 0.343. The van der Waals surface area contributed by atoms with Crippen LogP contribution in [0.25, 0.3) is 10.4 Å². The van der Waals surface area contributed by atoms with Crippen molar-refractivity contribution in [2.75, 3.05) is 0 Å². The average molecular weight is 554 g/mol. The Morgan fingerprint density at radius 2 is 1.62 bits per heavy atom. The van der Waals surface area contributed by atoms with Gasteiger partial charge >= 0.3 is 5.97 Å². The largest absolute Gasteiger partial charge is 0.489 e. The molecule has 0 amide bonds. The van der Waals surface area contributed by atoms with Gasteiger partial charge in [-0.25, -0.2) is 0 Å². The number of benzene rings is 3. The van der Waals surface area contributed by atoms with Crippen LogP contribution >= 0.6 is 11.3 Å². The van der Waals surface area contributed by atoms with E-state index >= 15 is 0 Å². The summed E-state index contributed by atoms with van der Waals surface area (Å²) in [4.78, 5) is 16.5. The lowest BCUT2D eigenvalue weighted by molar-refractivity contribution is -0.144. The molecular formula is C35H39NO3S. The number of thiophene rings is 1. The van der Waals surface area contributed by atoms with E-state index in [1.165, 1.54) is 52.1 Å². The summed E-state index contributed by atoms with van der Waals surface area (Å²) in [5.41, 5.74) is 6.09. The number of carboxylic acids is 1. The molecule has 4 aromatic rings. The molecule has 0 radical (unpaired) electrons. The second-order valence-electron chi connectivity index (χ2n) is 10.8. The number of aliphatic carboxylic acids is 1. The van der Waals surface area contributed by atoms with E-state index < -0.39 is 12.0 Å². The van der Waals surface area contributed by atoms with E-state index in [0.717, 1.165) is 16.9 Å². The maximum absolute atomic E-state index is 12.0. The molecule has 4 nitrogen and oxygen atoms in total. The molecule has 0 bridgehead atoms. The first kappa shape index (κ1) is 28.1. The van der Waals surface area contributed by atoms with Crippen molar-refractivity contribution in [1.82, 2.24) is 4.90 Å². The van der Waals surface area contributed by atoms with Crippen molar-refractivity contribution in [3.8, 4) is 16.2 Å². The van der Waals surface area contributed by atoms with Gasteiger partial charge in [-0.3, -0.25) is 9.69 Å². The van der Waals surface area contributed by atoms with Crippen molar-refractivity contribution in [3.63, 3.8) is 0 Å². The Labute approximate surface area is 242 Å². The summed E-state index contributed by atoms with van der Waals surface area (Å²) < 4.78 is 6.08. The molecule has 1 aliphatic rings. The Balaban J connectivity index is 1.18. The van der Waals surface area contributed by atoms with Crippen molar-refractivity contribution in [2.45, 2.75) is 77.6 Å². The van der Waals surface area contributed by atoms with E-state index in [4.69, 9.17) is 4.74 Å². The number of nitrogens with zero attached hydrogens (tertiary/aromatic N) is 1. The Kier molecular flexibility index (Phi) is 9.35. The highest BCUT2D eigenvalue weighted by molar-refractivity contribution is 7.15. The summed E-state index contributed by atoms with van der Waals surface area (Å²) in [5.74, 6) is 0.796. The third kappa shape index (κ3) is 6.83. The zero-order chi connectivity index (χ0) is 27.9. The highest BCUT2D eigenvalue weighted by Crippen LogP contribution is 2.32. The quantitative estimate of drug-likeness (QED) is 0.191. The van der Waals surface area contributed by atoms with Crippen molar-refractivity contribution >= 4 is 17.3 Å². The summed E-state index contributed by atoms with van der Waals surface area (Å²) in [5, 5.41) is 9.86. The zero-order valence-corrected chi connectivity index (χ0v) is 24.3. The molecule has 208 valence electrons. The van der Waals surface area contributed by atoms with Crippen molar-refractivity contribution in [2.24, 2.45) is 0 Å². The fourth-order valence-electron chi connectivity index (χ4n) is 5.75. The molecule has 1 N–H and O–H groups in total. The van der Waals surface area contributed by atoms with Gasteiger partial charge in [-0.1, -0.05) is 87.4 Å². The van der Waals surface area contributed by atoms with Crippen LogP contribution < -0.4 is 4.74 Å². The topological polar surface area (TPSA) is 49.8 Å². The zero-order valence-electron chi connectivity index (χ0n) is 23.5. The van der Waals surface area contributed by atoms with Crippen LogP contribution in [-0.4, -0.2) is 22.0 Å². The smallest absolute Gasteiger partial charge is 0.321 e. The van der Waals surface area contributed by atoms with Gasteiger partial charge in [-0.15, -0.1) is 11.3 Å². The molecule has 1 aliphatic heterocycles. The van der Waals surface area contributed by atoms with E-state index in [0.29, 0.717) is 32.0 Å². The van der Waals surface area contributed by atoms with E-state index in [2.05, 4.69) is 85.5 Å². The monoisotopic (exact) mass is 553 g/mol. The fourth-order valence-corrected chi connectivity index (χ4v) is 6.79. The maximum atomic E-state index is 12.0. The maximum Gasteiger partial charge on any atom is 0.321 e. The molecule has 1 unspecified atom stereocenters. The summed E-state index contributed by atoms with van der Waals surface area (Å²) in [6.07, 6.45) is 5.45. The van der Waals surface area contributed by atoms with Gasteiger partial charge in [-0.05, 0) is 77.3 Å². The van der Waals surface area contributed by atoms with Crippen LogP contribution in [0, 0.1) is 0 Å². The van der Waals surface area contributed by atoms with Gasteiger partial charge in [0.05, 0.1) is 0 Å². The summed E-state index contributed by atoms with van der Waals surface area (Å²) in [7, 11) is 0. The van der Waals surface area contributed by atoms with Crippen molar-refractivity contribution < 1.29 is 14.6 Å². The van der Waals surface area contributed by atoms with Gasteiger partial charge in [0, 0.05) is 22.8 Å². The first-order valence-electron chi connectivity index (χ1n) is 14.5. The third-order valence-electron chi connectivity index (χ3n) is 7.92. The molecule has 0 fully saturated rings. The summed E-state index contributed by atoms with van der Waals surface area (Å²) >= 11 is 1.74. The van der Waals surface area contributed by atoms with Crippen LogP contribution in [0.15, 0.2) is 84.9 Å². The predicted octanol–water partition coefficient (Wildman–Crippen LogP) is 8.69. The lowest BCUT2D eigenvalue weighted by Gasteiger charge is -2.34. The number of ether oxygens (including phenoxy) is 1. The van der Waals surface area contributed by atoms with Crippen LogP contribution in [-0.2, 0) is 30.9 Å². The van der Waals surface area contributed by atoms with Gasteiger partial charge in [-0.2, -0.15) is 0 Å². The molecule has 0 saturated carbocycles. The molecule has 1 aromatic heterocycles. The Morgan fingerprint density at radius 1 is 0.925 bits per heavy atom. The van der Waals surface area contributed by atoms with Gasteiger partial charge in [0.25, 0.3) is 0 Å². The van der Waals surface area contributed by atoms with Crippen LogP contribution in [0.2, 0.25) is 0 Å². The van der Waals surface area contributed by atoms with Gasteiger partial charge in [0.2, 0.25) is 0 Å². The number of rotatable bonds is 12. The Bertz CT molecular complexity index is 1390. The second-order valence-corrected chi connectivity index (χ2v) is 12.0. The molecular weight excluding hydrogens is 514 g/mol. The van der Waals surface area contributed by atoms with Gasteiger partial charge in [0.1, 0.15) is 18.4 Å². The Morgan fingerprint density at radius 3 is 2.30 bits per heavy atom. The van der Waals surface area contributed by atoms with Crippen LogP contribution in [0.3, 0.4) is 0 Å². The number of carboxylic acid groups (broad SMARTS) is 1. The molecule has 40 heavy (non-hydrogen) atoms. The summed E-state index contributed by atoms with van der Waals surface area (Å²) in [6, 6.07) is 29.2. The van der Waals surface area contributed by atoms with Crippen molar-refractivity contribution in [1.29, 1.82) is 0 Å². The highest BCUT2D eigenvalue weighted by atomic mass is 32.1. The number of carbonyl (C=O) groups is 1. The summed E-state index contributed by atoms with van der Waals surface area (Å²) in [6.45, 7) is 6.35. The van der Waals surface area contributed by atoms with Gasteiger partial charge in [0.15, 0.2) is 0 Å². The van der Waals surface area contributed by atoms with Crippen molar-refractivity contribution in [3.05, 3.63) is 112 Å². The lowest BCUT2D eigenvalue weighted by Crippen LogP contribution is -2.44. The SMILES string of the molecule is CCCC(CCC)c1ccc(OCc2ccc(-c3ccc(CN4Cc5ccccc5CC4C(=O)O)s3)cc2)cc1. The minimum absolute atomic E-state index is 0.495. The van der Waals surface area contributed by atoms with E-state index in [1.807, 2.05) is 18.2 Å². The molecule has 0 spiro atoms. The number of hydrogen-bond donors (Lipinski definition) is 1. The molecule has 5 heteroatoms. The van der Waals surface area contributed by atoms with Gasteiger partial charge < -0.3 is 9.84 Å². The highest BCUT2D eigenvalue weighted by Gasteiger charge is 2.31. The first-order chi connectivity index (χ1) is 19.5. The van der Waals surface area contributed by atoms with E-state index in [1.54, 1.807) is 11.3 Å². The normalized spacial score (nSPS) is 15.2. The predicted molar refractivity (Wildman–Crippen MR) is 164 cm³/mol. The molecule has 0 saturated heterocycles. The van der Waals surface area contributed by atoms with Crippen LogP contribution in [0.1, 0.15) is 72.6 Å². The molecule has 5 rings (SSSR count). The van der Waals surface area contributed by atoms with Crippen LogP contribution in [0.5, 0.6) is 5.75 Å². The minimum atomic E-state index is -0.753. The first-order valence-corrected chi connectivity index (χ1v) is 15.3. The molecule has 2 heterocycles. The van der Waals surface area contributed by atoms with E-state index in [9.17, 15) is 9.90 Å². The molecule has 1 atom stereocenters. The van der Waals surface area contributed by atoms with Crippen LogP contribution in [0.4, 0.5) is 0 Å². The minimum Gasteiger partial charge on any atom is -0.489 e. The molecule has 3 aromatic carbocycles. The third-order valence-corrected chi connectivity index (χ3v) is 9.04. The average Bonchev–Trinajstić information content (AvgIpc) is 3.44. The Hall–Kier alpha value is -3.41. The lowest BCUT2D eigenvalue weighted by atomic mass is 9.90. The second kappa shape index (κ2) is 13.3. The number of fused-ring (bicyclic) bond motifs is 1. The number of hydrogen-bond acceptors (Lipinski definition) is 4. The van der Waals surface area contributed by atoms with E-state index in [-0.39, 0.29) is 0 Å². The molecule has 0 aliphatic carbocycles. The standard InChI is InChI=1S/C35H39NO3S/c1-3-7-26(8-4-2)27-15-17-31(18-16-27)39-24-25-11-13-28(14-12-25)34-20-19-32(40-34)23-36-22-30-10-6-5-9-29(30)21-33(36)35(37)38/h5-6,9-20,26,33H,3-4,7-8,21-24H2,1-2H3,(H,37,38).